The van der Waals surface area contributed by atoms with Crippen molar-refractivity contribution in [3.63, 3.8) is 0 Å². The minimum Gasteiger partial charge on any atom is -0.382 e. The number of anilines is 1. The Balaban J connectivity index is 2.37. The maximum atomic E-state index is 11.6. The molecule has 0 saturated heterocycles. The average molecular weight is 321 g/mol. The number of halogens is 2. The highest BCUT2D eigenvalue weighted by Gasteiger charge is 2.04. The van der Waals surface area contributed by atoms with Gasteiger partial charge in [0.1, 0.15) is 0 Å². The highest BCUT2D eigenvalue weighted by atomic mass is 79.9. The first-order chi connectivity index (χ1) is 8.13. The Kier molecular flexibility index (Phi) is 6.55. The molecule has 1 aromatic carbocycles. The maximum Gasteiger partial charge on any atom is 0.224 e. The van der Waals surface area contributed by atoms with Crippen LogP contribution < -0.4 is 5.32 Å². The van der Waals surface area contributed by atoms with Gasteiger partial charge in [0, 0.05) is 29.8 Å². The summed E-state index contributed by atoms with van der Waals surface area (Å²) in [7, 11) is 0. The maximum absolute atomic E-state index is 11.6. The van der Waals surface area contributed by atoms with Gasteiger partial charge in [-0.1, -0.05) is 11.6 Å². The van der Waals surface area contributed by atoms with Crippen LogP contribution in [0.5, 0.6) is 0 Å². The van der Waals surface area contributed by atoms with E-state index in [1.165, 1.54) is 0 Å². The SMILES string of the molecule is CCOCCCC(=O)Nc1ccc(Br)c(Cl)c1. The van der Waals surface area contributed by atoms with E-state index in [2.05, 4.69) is 21.2 Å². The summed E-state index contributed by atoms with van der Waals surface area (Å²) in [4.78, 5) is 11.6. The van der Waals surface area contributed by atoms with E-state index in [9.17, 15) is 4.79 Å². The molecule has 5 heteroatoms. The van der Waals surface area contributed by atoms with E-state index in [-0.39, 0.29) is 5.91 Å². The van der Waals surface area contributed by atoms with Crippen molar-refractivity contribution in [1.29, 1.82) is 0 Å². The molecule has 0 unspecified atom stereocenters. The van der Waals surface area contributed by atoms with Gasteiger partial charge in [-0.05, 0) is 47.5 Å². The van der Waals surface area contributed by atoms with Gasteiger partial charge in [-0.2, -0.15) is 0 Å². The smallest absolute Gasteiger partial charge is 0.224 e. The molecule has 0 spiro atoms. The molecular weight excluding hydrogens is 305 g/mol. The van der Waals surface area contributed by atoms with Gasteiger partial charge < -0.3 is 10.1 Å². The van der Waals surface area contributed by atoms with Crippen LogP contribution in [0, 0.1) is 0 Å². The normalized spacial score (nSPS) is 10.3. The summed E-state index contributed by atoms with van der Waals surface area (Å²) in [5.41, 5.74) is 0.708. The highest BCUT2D eigenvalue weighted by Crippen LogP contribution is 2.25. The van der Waals surface area contributed by atoms with E-state index in [1.807, 2.05) is 6.92 Å². The molecule has 1 aromatic rings. The molecule has 0 aliphatic heterocycles. The monoisotopic (exact) mass is 319 g/mol. The molecule has 1 amide bonds. The molecule has 17 heavy (non-hydrogen) atoms. The largest absolute Gasteiger partial charge is 0.382 e. The molecule has 3 nitrogen and oxygen atoms in total. The molecule has 0 radical (unpaired) electrons. The molecule has 0 saturated carbocycles. The number of ether oxygens (including phenoxy) is 1. The number of hydrogen-bond donors (Lipinski definition) is 1. The molecule has 0 fully saturated rings. The van der Waals surface area contributed by atoms with Gasteiger partial charge in [-0.3, -0.25) is 4.79 Å². The minimum atomic E-state index is -0.0249. The number of carbonyl (C=O) groups excluding carboxylic acids is 1. The first kappa shape index (κ1) is 14.5. The Labute approximate surface area is 115 Å². The van der Waals surface area contributed by atoms with Gasteiger partial charge >= 0.3 is 0 Å². The fourth-order valence-corrected chi connectivity index (χ4v) is 1.70. The van der Waals surface area contributed by atoms with Crippen LogP contribution in [0.25, 0.3) is 0 Å². The van der Waals surface area contributed by atoms with Crippen LogP contribution in [-0.2, 0) is 9.53 Å². The number of nitrogens with one attached hydrogen (secondary N) is 1. The van der Waals surface area contributed by atoms with Crippen LogP contribution in [0.1, 0.15) is 19.8 Å². The van der Waals surface area contributed by atoms with Crippen LogP contribution in [0.4, 0.5) is 5.69 Å². The summed E-state index contributed by atoms with van der Waals surface area (Å²) in [6.45, 7) is 3.23. The predicted octanol–water partition coefficient (Wildman–Crippen LogP) is 3.86. The molecule has 1 N–H and O–H groups in total. The predicted molar refractivity (Wildman–Crippen MR) is 73.5 cm³/mol. The first-order valence-electron chi connectivity index (χ1n) is 5.46. The van der Waals surface area contributed by atoms with Crippen molar-refractivity contribution in [3.05, 3.63) is 27.7 Å². The van der Waals surface area contributed by atoms with E-state index in [4.69, 9.17) is 16.3 Å². The second-order valence-electron chi connectivity index (χ2n) is 3.48. The number of benzene rings is 1. The topological polar surface area (TPSA) is 38.3 Å². The van der Waals surface area contributed by atoms with Gasteiger partial charge in [0.15, 0.2) is 0 Å². The van der Waals surface area contributed by atoms with Crippen molar-refractivity contribution in [2.75, 3.05) is 18.5 Å². The van der Waals surface area contributed by atoms with Crippen molar-refractivity contribution in [3.8, 4) is 0 Å². The third-order valence-electron chi connectivity index (χ3n) is 2.10. The van der Waals surface area contributed by atoms with Crippen LogP contribution in [0.2, 0.25) is 5.02 Å². The lowest BCUT2D eigenvalue weighted by molar-refractivity contribution is -0.116. The number of carbonyl (C=O) groups is 1. The molecular formula is C12H15BrClNO2. The van der Waals surface area contributed by atoms with E-state index < -0.39 is 0 Å². The van der Waals surface area contributed by atoms with Crippen molar-refractivity contribution in [1.82, 2.24) is 0 Å². The summed E-state index contributed by atoms with van der Waals surface area (Å²) in [6, 6.07) is 5.32. The number of hydrogen-bond acceptors (Lipinski definition) is 2. The second kappa shape index (κ2) is 7.69. The Morgan fingerprint density at radius 3 is 2.94 bits per heavy atom. The van der Waals surface area contributed by atoms with Crippen LogP contribution in [0.3, 0.4) is 0 Å². The molecule has 0 aliphatic carbocycles. The van der Waals surface area contributed by atoms with E-state index in [0.29, 0.717) is 30.3 Å². The van der Waals surface area contributed by atoms with Crippen LogP contribution in [0.15, 0.2) is 22.7 Å². The zero-order valence-electron chi connectivity index (χ0n) is 9.63. The summed E-state index contributed by atoms with van der Waals surface area (Å²) < 4.78 is 5.98. The third kappa shape index (κ3) is 5.52. The van der Waals surface area contributed by atoms with Crippen LogP contribution >= 0.6 is 27.5 Å². The molecule has 1 rings (SSSR count). The van der Waals surface area contributed by atoms with E-state index >= 15 is 0 Å². The van der Waals surface area contributed by atoms with Gasteiger partial charge in [-0.25, -0.2) is 0 Å². The molecule has 0 bridgehead atoms. The fraction of sp³-hybridized carbons (Fsp3) is 0.417. The zero-order valence-corrected chi connectivity index (χ0v) is 12.0. The second-order valence-corrected chi connectivity index (χ2v) is 4.74. The Bertz CT molecular complexity index is 385. The van der Waals surface area contributed by atoms with Gasteiger partial charge in [0.05, 0.1) is 5.02 Å². The van der Waals surface area contributed by atoms with E-state index in [1.54, 1.807) is 18.2 Å². The summed E-state index contributed by atoms with van der Waals surface area (Å²) in [5.74, 6) is -0.0249. The Morgan fingerprint density at radius 2 is 2.29 bits per heavy atom. The molecule has 0 heterocycles. The van der Waals surface area contributed by atoms with E-state index in [0.717, 1.165) is 10.9 Å². The lowest BCUT2D eigenvalue weighted by Gasteiger charge is -2.06. The van der Waals surface area contributed by atoms with Crippen molar-refractivity contribution < 1.29 is 9.53 Å². The highest BCUT2D eigenvalue weighted by molar-refractivity contribution is 9.10. The molecule has 94 valence electrons. The summed E-state index contributed by atoms with van der Waals surface area (Å²) in [5, 5.41) is 3.37. The first-order valence-corrected chi connectivity index (χ1v) is 6.63. The van der Waals surface area contributed by atoms with Gasteiger partial charge in [0.2, 0.25) is 5.91 Å². The fourth-order valence-electron chi connectivity index (χ4n) is 1.28. The van der Waals surface area contributed by atoms with Crippen molar-refractivity contribution in [2.24, 2.45) is 0 Å². The number of rotatable bonds is 6. The zero-order chi connectivity index (χ0) is 12.7. The summed E-state index contributed by atoms with van der Waals surface area (Å²) >= 11 is 9.22. The summed E-state index contributed by atoms with van der Waals surface area (Å²) in [6.07, 6.45) is 1.18. The standard InChI is InChI=1S/C12H15BrClNO2/c1-2-17-7-3-4-12(16)15-9-5-6-10(13)11(14)8-9/h5-6,8H,2-4,7H2,1H3,(H,15,16). The third-order valence-corrected chi connectivity index (χ3v) is 3.33. The lowest BCUT2D eigenvalue weighted by atomic mass is 10.2. The minimum absolute atomic E-state index is 0.0249. The Hall–Kier alpha value is -0.580. The number of amides is 1. The molecule has 0 aromatic heterocycles. The average Bonchev–Trinajstić information content (AvgIpc) is 2.30. The lowest BCUT2D eigenvalue weighted by Crippen LogP contribution is -2.12. The van der Waals surface area contributed by atoms with Crippen LogP contribution in [-0.4, -0.2) is 19.1 Å². The van der Waals surface area contributed by atoms with Crippen molar-refractivity contribution in [2.45, 2.75) is 19.8 Å². The molecule has 0 atom stereocenters. The van der Waals surface area contributed by atoms with Crippen molar-refractivity contribution >= 4 is 39.1 Å². The van der Waals surface area contributed by atoms with Gasteiger partial charge in [-0.15, -0.1) is 0 Å². The molecule has 0 aliphatic rings. The van der Waals surface area contributed by atoms with Gasteiger partial charge in [0.25, 0.3) is 0 Å². The quantitative estimate of drug-likeness (QED) is 0.808. The Morgan fingerprint density at radius 1 is 1.53 bits per heavy atom.